The number of hydrogen-bond donors (Lipinski definition) is 2. The van der Waals surface area contributed by atoms with Crippen molar-refractivity contribution >= 4 is 0 Å². The number of aliphatic hydroxyl groups is 2. The summed E-state index contributed by atoms with van der Waals surface area (Å²) in [5.41, 5.74) is 0. The summed E-state index contributed by atoms with van der Waals surface area (Å²) < 4.78 is 0. The predicted octanol–water partition coefficient (Wildman–Crippen LogP) is 0.940. The van der Waals surface area contributed by atoms with Crippen LogP contribution in [0.25, 0.3) is 0 Å². The maximum absolute atomic E-state index is 9.18. The summed E-state index contributed by atoms with van der Waals surface area (Å²) in [5.74, 6) is 0.218. The van der Waals surface area contributed by atoms with Gasteiger partial charge in [0, 0.05) is 0 Å². The van der Waals surface area contributed by atoms with Crippen molar-refractivity contribution < 1.29 is 10.2 Å². The third kappa shape index (κ3) is 4.53. The van der Waals surface area contributed by atoms with Crippen LogP contribution in [0.1, 0.15) is 20.8 Å². The van der Waals surface area contributed by atoms with Crippen LogP contribution in [0.4, 0.5) is 0 Å². The highest BCUT2D eigenvalue weighted by Gasteiger charge is 2.03. The van der Waals surface area contributed by atoms with Crippen molar-refractivity contribution in [2.45, 2.75) is 33.0 Å². The molecule has 0 rings (SSSR count). The van der Waals surface area contributed by atoms with E-state index in [1.54, 1.807) is 19.1 Å². The second kappa shape index (κ2) is 4.47. The average molecular weight is 144 g/mol. The molecule has 0 heterocycles. The van der Waals surface area contributed by atoms with Gasteiger partial charge in [-0.2, -0.15) is 0 Å². The Morgan fingerprint density at radius 2 is 1.50 bits per heavy atom. The van der Waals surface area contributed by atoms with Crippen LogP contribution >= 0.6 is 0 Å². The quantitative estimate of drug-likeness (QED) is 0.579. The van der Waals surface area contributed by atoms with Gasteiger partial charge in [-0.15, -0.1) is 0 Å². The van der Waals surface area contributed by atoms with Gasteiger partial charge in [-0.1, -0.05) is 26.0 Å². The average Bonchev–Trinajstić information content (AvgIpc) is 1.82. The Morgan fingerprint density at radius 3 is 1.80 bits per heavy atom. The first kappa shape index (κ1) is 9.66. The van der Waals surface area contributed by atoms with Crippen molar-refractivity contribution in [3.8, 4) is 0 Å². The smallest absolute Gasteiger partial charge is 0.0744 e. The van der Waals surface area contributed by atoms with E-state index < -0.39 is 12.2 Å². The van der Waals surface area contributed by atoms with Gasteiger partial charge in [0.25, 0.3) is 0 Å². The van der Waals surface area contributed by atoms with E-state index in [4.69, 9.17) is 5.11 Å². The van der Waals surface area contributed by atoms with Crippen LogP contribution in [0.5, 0.6) is 0 Å². The second-order valence-corrected chi connectivity index (χ2v) is 2.86. The first-order chi connectivity index (χ1) is 4.54. The van der Waals surface area contributed by atoms with Gasteiger partial charge in [-0.05, 0) is 12.8 Å². The highest BCUT2D eigenvalue weighted by molar-refractivity contribution is 4.92. The molecule has 0 aromatic carbocycles. The molecule has 0 saturated carbocycles. The van der Waals surface area contributed by atoms with E-state index in [0.717, 1.165) is 0 Å². The standard InChI is InChI=1S/C8H16O2/c1-6(2)8(10)5-4-7(3)9/h4-10H,1-3H3. The SMILES string of the molecule is CC(O)C=CC(O)C(C)C. The van der Waals surface area contributed by atoms with Crippen molar-refractivity contribution in [1.29, 1.82) is 0 Å². The van der Waals surface area contributed by atoms with Gasteiger partial charge in [-0.3, -0.25) is 0 Å². The van der Waals surface area contributed by atoms with Crippen molar-refractivity contribution in [3.63, 3.8) is 0 Å². The molecule has 0 aliphatic carbocycles. The fourth-order valence-corrected chi connectivity index (χ4v) is 0.497. The van der Waals surface area contributed by atoms with Gasteiger partial charge in [0.15, 0.2) is 0 Å². The predicted molar refractivity (Wildman–Crippen MR) is 41.7 cm³/mol. The molecule has 0 aliphatic rings. The van der Waals surface area contributed by atoms with E-state index in [2.05, 4.69) is 0 Å². The van der Waals surface area contributed by atoms with Crippen molar-refractivity contribution in [3.05, 3.63) is 12.2 Å². The van der Waals surface area contributed by atoms with Crippen molar-refractivity contribution in [1.82, 2.24) is 0 Å². The summed E-state index contributed by atoms with van der Waals surface area (Å²) in [7, 11) is 0. The van der Waals surface area contributed by atoms with E-state index >= 15 is 0 Å². The van der Waals surface area contributed by atoms with E-state index in [9.17, 15) is 5.11 Å². The molecular weight excluding hydrogens is 128 g/mol. The molecule has 0 saturated heterocycles. The van der Waals surface area contributed by atoms with Gasteiger partial charge in [0.05, 0.1) is 12.2 Å². The van der Waals surface area contributed by atoms with Gasteiger partial charge in [-0.25, -0.2) is 0 Å². The monoisotopic (exact) mass is 144 g/mol. The van der Waals surface area contributed by atoms with E-state index in [-0.39, 0.29) is 5.92 Å². The second-order valence-electron chi connectivity index (χ2n) is 2.86. The fraction of sp³-hybridized carbons (Fsp3) is 0.750. The minimum Gasteiger partial charge on any atom is -0.389 e. The molecule has 0 bridgehead atoms. The number of hydrogen-bond acceptors (Lipinski definition) is 2. The van der Waals surface area contributed by atoms with Crippen LogP contribution in [0, 0.1) is 5.92 Å². The third-order valence-corrected chi connectivity index (χ3v) is 1.27. The Bertz CT molecular complexity index is 106. The Labute approximate surface area is 62.2 Å². The highest BCUT2D eigenvalue weighted by atomic mass is 16.3. The molecule has 0 aromatic rings. The molecule has 0 aromatic heterocycles. The molecule has 0 radical (unpaired) electrons. The van der Waals surface area contributed by atoms with E-state index in [1.807, 2.05) is 13.8 Å². The maximum Gasteiger partial charge on any atom is 0.0744 e. The zero-order valence-electron chi connectivity index (χ0n) is 6.78. The number of rotatable bonds is 3. The summed E-state index contributed by atoms with van der Waals surface area (Å²) in [4.78, 5) is 0. The largest absolute Gasteiger partial charge is 0.389 e. The molecule has 2 unspecified atom stereocenters. The first-order valence-electron chi connectivity index (χ1n) is 3.58. The van der Waals surface area contributed by atoms with E-state index in [1.165, 1.54) is 0 Å². The Hall–Kier alpha value is -0.340. The van der Waals surface area contributed by atoms with Crippen molar-refractivity contribution in [2.24, 2.45) is 5.92 Å². The van der Waals surface area contributed by atoms with Gasteiger partial charge < -0.3 is 10.2 Å². The molecule has 0 fully saturated rings. The normalized spacial score (nSPS) is 18.2. The van der Waals surface area contributed by atoms with Crippen LogP contribution in [0.15, 0.2) is 12.2 Å². The van der Waals surface area contributed by atoms with Gasteiger partial charge in [0.1, 0.15) is 0 Å². The molecule has 0 aliphatic heterocycles. The third-order valence-electron chi connectivity index (χ3n) is 1.27. The van der Waals surface area contributed by atoms with Crippen LogP contribution in [0.2, 0.25) is 0 Å². The zero-order chi connectivity index (χ0) is 8.15. The van der Waals surface area contributed by atoms with Gasteiger partial charge in [0.2, 0.25) is 0 Å². The lowest BCUT2D eigenvalue weighted by atomic mass is 10.1. The molecule has 2 atom stereocenters. The molecule has 2 nitrogen and oxygen atoms in total. The van der Waals surface area contributed by atoms with Crippen LogP contribution in [0.3, 0.4) is 0 Å². The summed E-state index contributed by atoms with van der Waals surface area (Å²) in [6, 6.07) is 0. The molecular formula is C8H16O2. The van der Waals surface area contributed by atoms with Crippen LogP contribution in [-0.2, 0) is 0 Å². The first-order valence-corrected chi connectivity index (χ1v) is 3.58. The van der Waals surface area contributed by atoms with Crippen molar-refractivity contribution in [2.75, 3.05) is 0 Å². The molecule has 2 heteroatoms. The minimum atomic E-state index is -0.464. The molecule has 60 valence electrons. The molecule has 0 spiro atoms. The van der Waals surface area contributed by atoms with Crippen LogP contribution in [-0.4, -0.2) is 22.4 Å². The Kier molecular flexibility index (Phi) is 4.32. The minimum absolute atomic E-state index is 0.218. The summed E-state index contributed by atoms with van der Waals surface area (Å²) in [6.45, 7) is 5.51. The summed E-state index contributed by atoms with van der Waals surface area (Å²) >= 11 is 0. The number of aliphatic hydroxyl groups excluding tert-OH is 2. The Morgan fingerprint density at radius 1 is 1.00 bits per heavy atom. The lowest BCUT2D eigenvalue weighted by Gasteiger charge is -2.08. The Balaban J connectivity index is 3.66. The molecule has 2 N–H and O–H groups in total. The highest BCUT2D eigenvalue weighted by Crippen LogP contribution is 2.02. The summed E-state index contributed by atoms with van der Waals surface area (Å²) in [5, 5.41) is 18.0. The summed E-state index contributed by atoms with van der Waals surface area (Å²) in [6.07, 6.45) is 2.31. The lowest BCUT2D eigenvalue weighted by molar-refractivity contribution is 0.169. The zero-order valence-corrected chi connectivity index (χ0v) is 6.78. The topological polar surface area (TPSA) is 40.5 Å². The molecule has 10 heavy (non-hydrogen) atoms. The van der Waals surface area contributed by atoms with Gasteiger partial charge >= 0.3 is 0 Å². The maximum atomic E-state index is 9.18. The van der Waals surface area contributed by atoms with E-state index in [0.29, 0.717) is 0 Å². The van der Waals surface area contributed by atoms with Crippen LogP contribution < -0.4 is 0 Å². The molecule has 0 amide bonds. The lowest BCUT2D eigenvalue weighted by Crippen LogP contribution is -2.11. The fourth-order valence-electron chi connectivity index (χ4n) is 0.497.